The van der Waals surface area contributed by atoms with Gasteiger partial charge in [0.2, 0.25) is 5.91 Å². The Kier molecular flexibility index (Phi) is 5.02. The van der Waals surface area contributed by atoms with E-state index in [0.29, 0.717) is 24.9 Å². The normalized spacial score (nSPS) is 20.3. The van der Waals surface area contributed by atoms with Crippen LogP contribution in [0.1, 0.15) is 42.9 Å². The number of aliphatic hydroxyl groups is 1. The van der Waals surface area contributed by atoms with E-state index in [1.54, 1.807) is 0 Å². The van der Waals surface area contributed by atoms with E-state index in [4.69, 9.17) is 0 Å². The summed E-state index contributed by atoms with van der Waals surface area (Å²) in [7, 11) is 1.91. The summed E-state index contributed by atoms with van der Waals surface area (Å²) in [6.45, 7) is 3.00. The first-order valence-electron chi connectivity index (χ1n) is 8.75. The number of hydrogen-bond donors (Lipinski definition) is 2. The van der Waals surface area contributed by atoms with Crippen molar-refractivity contribution in [3.05, 3.63) is 35.4 Å². The Morgan fingerprint density at radius 3 is 2.39 bits per heavy atom. The molecule has 0 heterocycles. The van der Waals surface area contributed by atoms with Crippen LogP contribution in [0.2, 0.25) is 0 Å². The quantitative estimate of drug-likeness (QED) is 0.773. The molecule has 4 heteroatoms. The second-order valence-electron chi connectivity index (χ2n) is 7.39. The van der Waals surface area contributed by atoms with Crippen LogP contribution in [0.3, 0.4) is 0 Å². The molecule has 0 spiro atoms. The maximum absolute atomic E-state index is 12.4. The molecule has 2 atom stereocenters. The summed E-state index contributed by atoms with van der Waals surface area (Å²) in [6, 6.07) is 8.59. The Morgan fingerprint density at radius 1 is 1.22 bits per heavy atom. The molecule has 4 nitrogen and oxygen atoms in total. The van der Waals surface area contributed by atoms with Gasteiger partial charge in [0, 0.05) is 6.54 Å². The summed E-state index contributed by atoms with van der Waals surface area (Å²) >= 11 is 0. The first-order chi connectivity index (χ1) is 11.0. The van der Waals surface area contributed by atoms with Crippen LogP contribution >= 0.6 is 0 Å². The number of carbonyl (C=O) groups excluding carboxylic acids is 1. The number of carbonyl (C=O) groups is 1. The van der Waals surface area contributed by atoms with Crippen LogP contribution < -0.4 is 5.32 Å². The van der Waals surface area contributed by atoms with Gasteiger partial charge in [0.25, 0.3) is 0 Å². The van der Waals surface area contributed by atoms with Crippen molar-refractivity contribution in [1.29, 1.82) is 0 Å². The second kappa shape index (κ2) is 7.02. The highest BCUT2D eigenvalue weighted by Crippen LogP contribution is 2.41. The Morgan fingerprint density at radius 2 is 1.83 bits per heavy atom. The van der Waals surface area contributed by atoms with E-state index in [1.165, 1.54) is 24.0 Å². The van der Waals surface area contributed by atoms with Gasteiger partial charge in [0.05, 0.1) is 18.7 Å². The Bertz CT molecular complexity index is 535. The van der Waals surface area contributed by atoms with Crippen molar-refractivity contribution in [2.75, 3.05) is 20.1 Å². The van der Waals surface area contributed by atoms with Gasteiger partial charge in [-0.05, 0) is 57.1 Å². The molecular weight excluding hydrogens is 288 g/mol. The molecule has 0 radical (unpaired) electrons. The Labute approximate surface area is 138 Å². The first kappa shape index (κ1) is 16.5. The van der Waals surface area contributed by atoms with Gasteiger partial charge < -0.3 is 10.4 Å². The molecule has 3 rings (SSSR count). The zero-order chi connectivity index (χ0) is 16.4. The summed E-state index contributed by atoms with van der Waals surface area (Å²) in [5.41, 5.74) is 2.44. The van der Waals surface area contributed by atoms with Crippen LogP contribution in [0.5, 0.6) is 0 Å². The van der Waals surface area contributed by atoms with E-state index in [1.807, 2.05) is 11.9 Å². The van der Waals surface area contributed by atoms with Crippen LogP contribution in [-0.4, -0.2) is 42.2 Å². The average Bonchev–Trinajstić information content (AvgIpc) is 3.39. The van der Waals surface area contributed by atoms with Crippen molar-refractivity contribution in [1.82, 2.24) is 10.2 Å². The number of nitrogens with zero attached hydrogens (tertiary/aromatic N) is 1. The molecule has 2 unspecified atom stereocenters. The largest absolute Gasteiger partial charge is 0.392 e. The third-order valence-electron chi connectivity index (χ3n) is 4.92. The summed E-state index contributed by atoms with van der Waals surface area (Å²) in [5, 5.41) is 13.2. The van der Waals surface area contributed by atoms with Crippen LogP contribution in [0.4, 0.5) is 0 Å². The third kappa shape index (κ3) is 4.79. The van der Waals surface area contributed by atoms with E-state index in [9.17, 15) is 9.90 Å². The average molecular weight is 316 g/mol. The summed E-state index contributed by atoms with van der Waals surface area (Å²) in [5.74, 6) is 1.07. The predicted octanol–water partition coefficient (Wildman–Crippen LogP) is 2.27. The number of benzene rings is 1. The second-order valence-corrected chi connectivity index (χ2v) is 7.39. The number of aliphatic hydroxyl groups excluding tert-OH is 1. The molecule has 0 bridgehead atoms. The molecular formula is C19H28N2O2. The van der Waals surface area contributed by atoms with E-state index >= 15 is 0 Å². The highest BCUT2D eigenvalue weighted by molar-refractivity contribution is 5.78. The van der Waals surface area contributed by atoms with Gasteiger partial charge in [-0.2, -0.15) is 0 Å². The lowest BCUT2D eigenvalue weighted by Crippen LogP contribution is -2.40. The SMILES string of the molecule is Cc1ccc(C(NC(=O)CN(C)CC(O)C2CC2)C2CC2)cc1. The van der Waals surface area contributed by atoms with Gasteiger partial charge in [-0.25, -0.2) is 0 Å². The Hall–Kier alpha value is -1.39. The molecule has 0 aromatic heterocycles. The van der Waals surface area contributed by atoms with Crippen molar-refractivity contribution in [2.24, 2.45) is 11.8 Å². The molecule has 126 valence electrons. The minimum absolute atomic E-state index is 0.0490. The lowest BCUT2D eigenvalue weighted by atomic mass is 10.0. The lowest BCUT2D eigenvalue weighted by molar-refractivity contribution is -0.123. The maximum Gasteiger partial charge on any atom is 0.234 e. The molecule has 1 amide bonds. The number of amides is 1. The third-order valence-corrected chi connectivity index (χ3v) is 4.92. The topological polar surface area (TPSA) is 52.6 Å². The summed E-state index contributed by atoms with van der Waals surface area (Å²) < 4.78 is 0. The van der Waals surface area contributed by atoms with E-state index in [-0.39, 0.29) is 18.1 Å². The van der Waals surface area contributed by atoms with Gasteiger partial charge in [-0.3, -0.25) is 9.69 Å². The number of rotatable bonds is 8. The lowest BCUT2D eigenvalue weighted by Gasteiger charge is -2.23. The Balaban J connectivity index is 1.52. The highest BCUT2D eigenvalue weighted by Gasteiger charge is 2.34. The highest BCUT2D eigenvalue weighted by atomic mass is 16.3. The molecule has 2 aliphatic carbocycles. The first-order valence-corrected chi connectivity index (χ1v) is 8.75. The van der Waals surface area contributed by atoms with Crippen molar-refractivity contribution in [3.8, 4) is 0 Å². The molecule has 2 fully saturated rings. The van der Waals surface area contributed by atoms with Crippen molar-refractivity contribution in [3.63, 3.8) is 0 Å². The van der Waals surface area contributed by atoms with Crippen LogP contribution in [0.25, 0.3) is 0 Å². The molecule has 2 N–H and O–H groups in total. The van der Waals surface area contributed by atoms with Crippen molar-refractivity contribution >= 4 is 5.91 Å². The monoisotopic (exact) mass is 316 g/mol. The summed E-state index contributed by atoms with van der Waals surface area (Å²) in [6.07, 6.45) is 4.34. The molecule has 23 heavy (non-hydrogen) atoms. The standard InChI is InChI=1S/C19H28N2O2/c1-13-3-5-15(6-4-13)19(16-9-10-16)20-18(23)12-21(2)11-17(22)14-7-8-14/h3-6,14,16-17,19,22H,7-12H2,1-2H3,(H,20,23). The van der Waals surface area contributed by atoms with Crippen LogP contribution in [-0.2, 0) is 4.79 Å². The van der Waals surface area contributed by atoms with E-state index < -0.39 is 0 Å². The van der Waals surface area contributed by atoms with Gasteiger partial charge in [0.15, 0.2) is 0 Å². The summed E-state index contributed by atoms with van der Waals surface area (Å²) in [4.78, 5) is 14.3. The zero-order valence-corrected chi connectivity index (χ0v) is 14.2. The maximum atomic E-state index is 12.4. The number of likely N-dealkylation sites (N-methyl/N-ethyl adjacent to an activating group) is 1. The van der Waals surface area contributed by atoms with Crippen molar-refractivity contribution in [2.45, 2.75) is 44.8 Å². The van der Waals surface area contributed by atoms with E-state index in [0.717, 1.165) is 12.8 Å². The van der Waals surface area contributed by atoms with Crippen LogP contribution in [0.15, 0.2) is 24.3 Å². The van der Waals surface area contributed by atoms with Gasteiger partial charge in [0.1, 0.15) is 0 Å². The van der Waals surface area contributed by atoms with Crippen LogP contribution in [0, 0.1) is 18.8 Å². The van der Waals surface area contributed by atoms with Gasteiger partial charge >= 0.3 is 0 Å². The fraction of sp³-hybridized carbons (Fsp3) is 0.632. The number of nitrogens with one attached hydrogen (secondary N) is 1. The molecule has 0 saturated heterocycles. The smallest absolute Gasteiger partial charge is 0.234 e. The fourth-order valence-electron chi connectivity index (χ4n) is 3.15. The van der Waals surface area contributed by atoms with Gasteiger partial charge in [-0.1, -0.05) is 29.8 Å². The zero-order valence-electron chi connectivity index (χ0n) is 14.2. The molecule has 0 aliphatic heterocycles. The molecule has 1 aromatic rings. The minimum atomic E-state index is -0.288. The number of hydrogen-bond acceptors (Lipinski definition) is 3. The molecule has 2 saturated carbocycles. The fourth-order valence-corrected chi connectivity index (χ4v) is 3.15. The molecule has 2 aliphatic rings. The minimum Gasteiger partial charge on any atom is -0.392 e. The van der Waals surface area contributed by atoms with Gasteiger partial charge in [-0.15, -0.1) is 0 Å². The van der Waals surface area contributed by atoms with E-state index in [2.05, 4.69) is 36.5 Å². The number of aryl methyl sites for hydroxylation is 1. The molecule has 1 aromatic carbocycles. The van der Waals surface area contributed by atoms with Crippen molar-refractivity contribution < 1.29 is 9.90 Å². The predicted molar refractivity (Wildman–Crippen MR) is 91.0 cm³/mol.